The van der Waals surface area contributed by atoms with Gasteiger partial charge in [0.2, 0.25) is 5.91 Å². The number of amides is 1. The molecule has 1 aromatic carbocycles. The molecule has 4 nitrogen and oxygen atoms in total. The number of halogens is 6. The monoisotopic (exact) mass is 398 g/mol. The second-order valence-electron chi connectivity index (χ2n) is 7.58. The van der Waals surface area contributed by atoms with Crippen LogP contribution in [0.3, 0.4) is 0 Å². The molecule has 1 amide bonds. The lowest BCUT2D eigenvalue weighted by Gasteiger charge is -2.39. The van der Waals surface area contributed by atoms with Gasteiger partial charge in [0.15, 0.2) is 6.04 Å². The fourth-order valence-electron chi connectivity index (χ4n) is 2.72. The van der Waals surface area contributed by atoms with Crippen LogP contribution in [0.5, 0.6) is 5.75 Å². The Morgan fingerprint density at radius 3 is 2.33 bits per heavy atom. The molecule has 0 radical (unpaired) electrons. The number of alkyl halides is 6. The molecule has 0 aromatic heterocycles. The van der Waals surface area contributed by atoms with Crippen LogP contribution in [0.4, 0.5) is 37.7 Å². The van der Waals surface area contributed by atoms with E-state index in [0.29, 0.717) is 0 Å². The molecule has 1 N–H and O–H groups in total. The average Bonchev–Trinajstić information content (AvgIpc) is 2.42. The Balaban J connectivity index is 2.28. The minimum absolute atomic E-state index is 0.145. The first kappa shape index (κ1) is 21.2. The van der Waals surface area contributed by atoms with E-state index in [9.17, 15) is 31.1 Å². The maximum atomic E-state index is 13.1. The van der Waals surface area contributed by atoms with Crippen LogP contribution in [0.15, 0.2) is 18.2 Å². The van der Waals surface area contributed by atoms with Crippen molar-refractivity contribution in [2.24, 2.45) is 5.41 Å². The van der Waals surface area contributed by atoms with E-state index >= 15 is 0 Å². The summed E-state index contributed by atoms with van der Waals surface area (Å²) in [6.45, 7) is 2.84. The van der Waals surface area contributed by atoms with E-state index in [1.807, 2.05) is 20.8 Å². The van der Waals surface area contributed by atoms with Crippen LogP contribution in [-0.4, -0.2) is 37.5 Å². The van der Waals surface area contributed by atoms with E-state index in [0.717, 1.165) is 6.07 Å². The van der Waals surface area contributed by atoms with E-state index < -0.39 is 31.5 Å². The zero-order valence-electron chi connectivity index (χ0n) is 15.0. The Kier molecular flexibility index (Phi) is 5.58. The molecule has 0 spiro atoms. The molecule has 1 atom stereocenters. The van der Waals surface area contributed by atoms with Gasteiger partial charge < -0.3 is 15.0 Å². The van der Waals surface area contributed by atoms with Crippen LogP contribution in [0.2, 0.25) is 0 Å². The summed E-state index contributed by atoms with van der Waals surface area (Å²) in [5.41, 5.74) is -0.367. The van der Waals surface area contributed by atoms with Gasteiger partial charge in [-0.25, -0.2) is 0 Å². The number of carbonyl (C=O) groups is 1. The summed E-state index contributed by atoms with van der Waals surface area (Å²) >= 11 is 0. The Bertz CT molecular complexity index is 694. The van der Waals surface area contributed by atoms with Gasteiger partial charge in [-0.2, -0.15) is 26.3 Å². The van der Waals surface area contributed by atoms with Gasteiger partial charge in [0.1, 0.15) is 18.9 Å². The van der Waals surface area contributed by atoms with Crippen molar-refractivity contribution in [3.8, 4) is 5.75 Å². The molecule has 1 aromatic rings. The lowest BCUT2D eigenvalue weighted by molar-refractivity contribution is -0.166. The van der Waals surface area contributed by atoms with Crippen molar-refractivity contribution in [3.05, 3.63) is 18.2 Å². The van der Waals surface area contributed by atoms with E-state index in [-0.39, 0.29) is 39.8 Å². The smallest absolute Gasteiger partial charge is 0.412 e. The van der Waals surface area contributed by atoms with E-state index in [2.05, 4.69) is 5.32 Å². The van der Waals surface area contributed by atoms with Gasteiger partial charge in [-0.15, -0.1) is 0 Å². The van der Waals surface area contributed by atoms with Crippen LogP contribution in [0, 0.1) is 5.41 Å². The first-order valence-corrected chi connectivity index (χ1v) is 8.12. The topological polar surface area (TPSA) is 41.6 Å². The van der Waals surface area contributed by atoms with Crippen molar-refractivity contribution in [1.82, 2.24) is 0 Å². The minimum Gasteiger partial charge on any atom is -0.489 e. The number of fused-ring (bicyclic) bond motifs is 1. The van der Waals surface area contributed by atoms with Crippen molar-refractivity contribution in [2.45, 2.75) is 45.6 Å². The van der Waals surface area contributed by atoms with Crippen LogP contribution in [-0.2, 0) is 4.79 Å². The van der Waals surface area contributed by atoms with Crippen LogP contribution < -0.4 is 15.0 Å². The van der Waals surface area contributed by atoms with Crippen molar-refractivity contribution in [3.63, 3.8) is 0 Å². The summed E-state index contributed by atoms with van der Waals surface area (Å²) in [6.07, 6.45) is -9.51. The lowest BCUT2D eigenvalue weighted by Crippen LogP contribution is -2.54. The fourth-order valence-corrected chi connectivity index (χ4v) is 2.72. The molecule has 0 saturated heterocycles. The molecule has 0 fully saturated rings. The third kappa shape index (κ3) is 5.93. The Hall–Kier alpha value is -2.13. The molecule has 1 aliphatic heterocycles. The molecular weight excluding hydrogens is 378 g/mol. The first-order chi connectivity index (χ1) is 12.2. The van der Waals surface area contributed by atoms with Crippen LogP contribution in [0.25, 0.3) is 0 Å². The van der Waals surface area contributed by atoms with Crippen LogP contribution in [0.1, 0.15) is 27.2 Å². The second-order valence-corrected chi connectivity index (χ2v) is 7.58. The molecular formula is C17H20F6N2O2. The number of ether oxygens (including phenoxy) is 1. The van der Waals surface area contributed by atoms with Gasteiger partial charge in [0.05, 0.1) is 5.69 Å². The molecule has 27 heavy (non-hydrogen) atoms. The number of nitrogens with one attached hydrogen (secondary N) is 1. The third-order valence-corrected chi connectivity index (χ3v) is 3.74. The number of hydrogen-bond acceptors (Lipinski definition) is 3. The van der Waals surface area contributed by atoms with Crippen molar-refractivity contribution < 1.29 is 35.9 Å². The number of nitrogens with zero attached hydrogens (tertiary/aromatic N) is 1. The second kappa shape index (κ2) is 7.12. The highest BCUT2D eigenvalue weighted by atomic mass is 19.4. The largest absolute Gasteiger partial charge is 0.489 e. The molecule has 1 heterocycles. The highest BCUT2D eigenvalue weighted by Crippen LogP contribution is 2.41. The maximum absolute atomic E-state index is 13.1. The first-order valence-electron chi connectivity index (χ1n) is 8.12. The van der Waals surface area contributed by atoms with Crippen molar-refractivity contribution in [2.75, 3.05) is 23.4 Å². The molecule has 0 saturated carbocycles. The van der Waals surface area contributed by atoms with Gasteiger partial charge >= 0.3 is 12.4 Å². The fraction of sp³-hybridized carbons (Fsp3) is 0.588. The standard InChI is InChI=1S/C17H20F6N2O2/c1-15(2,3)7-14(26)24-10-4-5-11-12(6-10)27-8-13(17(21,22)23)25(11)9-16(18,19)20/h4-6,13H,7-9H2,1-3H3,(H,24,26). The summed E-state index contributed by atoms with van der Waals surface area (Å²) in [5, 5.41) is 2.57. The van der Waals surface area contributed by atoms with Crippen LogP contribution >= 0.6 is 0 Å². The Morgan fingerprint density at radius 2 is 1.81 bits per heavy atom. The van der Waals surface area contributed by atoms with Gasteiger partial charge in [0.25, 0.3) is 0 Å². The van der Waals surface area contributed by atoms with E-state index in [4.69, 9.17) is 4.74 Å². The average molecular weight is 398 g/mol. The maximum Gasteiger partial charge on any atom is 0.412 e. The summed E-state index contributed by atoms with van der Waals surface area (Å²) in [7, 11) is 0. The predicted octanol–water partition coefficient (Wildman–Crippen LogP) is 4.75. The Labute approximate surface area is 152 Å². The number of anilines is 2. The van der Waals surface area contributed by atoms with Gasteiger partial charge in [-0.1, -0.05) is 20.8 Å². The predicted molar refractivity (Wildman–Crippen MR) is 87.9 cm³/mol. The zero-order chi connectivity index (χ0) is 20.6. The highest BCUT2D eigenvalue weighted by molar-refractivity contribution is 5.91. The normalized spacial score (nSPS) is 18.0. The molecule has 152 valence electrons. The van der Waals surface area contributed by atoms with E-state index in [1.54, 1.807) is 0 Å². The van der Waals surface area contributed by atoms with Crippen molar-refractivity contribution in [1.29, 1.82) is 0 Å². The molecule has 0 bridgehead atoms. The number of hydrogen-bond donors (Lipinski definition) is 1. The summed E-state index contributed by atoms with van der Waals surface area (Å²) in [5.74, 6) is -0.466. The number of benzene rings is 1. The third-order valence-electron chi connectivity index (χ3n) is 3.74. The molecule has 2 rings (SSSR count). The van der Waals surface area contributed by atoms with E-state index in [1.165, 1.54) is 12.1 Å². The molecule has 0 aliphatic carbocycles. The molecule has 10 heteroatoms. The summed E-state index contributed by atoms with van der Waals surface area (Å²) in [4.78, 5) is 12.2. The number of rotatable bonds is 3. The summed E-state index contributed by atoms with van der Waals surface area (Å²) in [6, 6.07) is 1.16. The van der Waals surface area contributed by atoms with Gasteiger partial charge in [0, 0.05) is 18.2 Å². The van der Waals surface area contributed by atoms with Crippen molar-refractivity contribution >= 4 is 17.3 Å². The summed E-state index contributed by atoms with van der Waals surface area (Å²) < 4.78 is 82.8. The highest BCUT2D eigenvalue weighted by Gasteiger charge is 2.50. The van der Waals surface area contributed by atoms with Gasteiger partial charge in [-0.05, 0) is 17.5 Å². The molecule has 1 aliphatic rings. The quantitative estimate of drug-likeness (QED) is 0.747. The zero-order valence-corrected chi connectivity index (χ0v) is 15.0. The SMILES string of the molecule is CC(C)(C)CC(=O)Nc1ccc2c(c1)OCC(C(F)(F)F)N2CC(F)(F)F. The lowest BCUT2D eigenvalue weighted by atomic mass is 9.92. The Morgan fingerprint density at radius 1 is 1.19 bits per heavy atom. The van der Waals surface area contributed by atoms with Gasteiger partial charge in [-0.3, -0.25) is 4.79 Å². The minimum atomic E-state index is -4.89. The molecule has 1 unspecified atom stereocenters. The number of carbonyl (C=O) groups excluding carboxylic acids is 1.